The number of rotatable bonds is 5. The molecule has 0 aromatic heterocycles. The molecular formula is C16H24N2O. The molecule has 2 N–H and O–H groups in total. The van der Waals surface area contributed by atoms with Crippen molar-refractivity contribution < 1.29 is 4.79 Å². The summed E-state index contributed by atoms with van der Waals surface area (Å²) >= 11 is 0. The molecule has 3 nitrogen and oxygen atoms in total. The summed E-state index contributed by atoms with van der Waals surface area (Å²) in [6.07, 6.45) is 4.19. The van der Waals surface area contributed by atoms with Gasteiger partial charge in [-0.1, -0.05) is 43.7 Å². The highest BCUT2D eigenvalue weighted by molar-refractivity contribution is 5.82. The van der Waals surface area contributed by atoms with Crippen LogP contribution in [-0.4, -0.2) is 29.9 Å². The number of hydrogen-bond donors (Lipinski definition) is 1. The van der Waals surface area contributed by atoms with Gasteiger partial charge in [0.05, 0.1) is 6.04 Å². The van der Waals surface area contributed by atoms with Crippen LogP contribution in [0, 0.1) is 5.92 Å². The summed E-state index contributed by atoms with van der Waals surface area (Å²) in [5, 5.41) is 0. The van der Waals surface area contributed by atoms with E-state index in [9.17, 15) is 4.79 Å². The zero-order valence-corrected chi connectivity index (χ0v) is 11.7. The Balaban J connectivity index is 1.86. The third-order valence-corrected chi connectivity index (χ3v) is 3.91. The van der Waals surface area contributed by atoms with Crippen LogP contribution in [0.25, 0.3) is 0 Å². The Morgan fingerprint density at radius 3 is 2.84 bits per heavy atom. The van der Waals surface area contributed by atoms with Crippen LogP contribution in [-0.2, 0) is 11.2 Å². The summed E-state index contributed by atoms with van der Waals surface area (Å²) < 4.78 is 0. The van der Waals surface area contributed by atoms with Crippen LogP contribution in [0.1, 0.15) is 31.7 Å². The van der Waals surface area contributed by atoms with Gasteiger partial charge in [-0.25, -0.2) is 0 Å². The summed E-state index contributed by atoms with van der Waals surface area (Å²) in [6, 6.07) is 9.60. The molecule has 0 bridgehead atoms. The smallest absolute Gasteiger partial charge is 0.239 e. The van der Waals surface area contributed by atoms with Crippen LogP contribution in [0.3, 0.4) is 0 Å². The fourth-order valence-corrected chi connectivity index (χ4v) is 2.87. The van der Waals surface area contributed by atoms with Gasteiger partial charge in [-0.3, -0.25) is 4.79 Å². The molecule has 1 aromatic carbocycles. The predicted octanol–water partition coefficient (Wildman–Crippen LogP) is 2.21. The van der Waals surface area contributed by atoms with Gasteiger partial charge >= 0.3 is 0 Å². The molecule has 104 valence electrons. The molecular weight excluding hydrogens is 236 g/mol. The molecule has 0 saturated carbocycles. The average molecular weight is 260 g/mol. The summed E-state index contributed by atoms with van der Waals surface area (Å²) in [5.41, 5.74) is 7.19. The lowest BCUT2D eigenvalue weighted by Gasteiger charge is -2.21. The van der Waals surface area contributed by atoms with E-state index < -0.39 is 6.04 Å². The number of likely N-dealkylation sites (tertiary alicyclic amines) is 1. The van der Waals surface area contributed by atoms with Crippen molar-refractivity contribution in [2.24, 2.45) is 11.7 Å². The molecule has 19 heavy (non-hydrogen) atoms. The maximum Gasteiger partial charge on any atom is 0.239 e. The zero-order valence-electron chi connectivity index (χ0n) is 11.7. The molecule has 1 heterocycles. The van der Waals surface area contributed by atoms with Gasteiger partial charge < -0.3 is 10.6 Å². The second-order valence-corrected chi connectivity index (χ2v) is 5.52. The zero-order chi connectivity index (χ0) is 13.7. The van der Waals surface area contributed by atoms with Gasteiger partial charge in [0.15, 0.2) is 0 Å². The molecule has 1 aliphatic heterocycles. The van der Waals surface area contributed by atoms with E-state index in [0.29, 0.717) is 12.3 Å². The second-order valence-electron chi connectivity index (χ2n) is 5.52. The molecule has 1 saturated heterocycles. The van der Waals surface area contributed by atoms with Gasteiger partial charge in [0.25, 0.3) is 0 Å². The van der Waals surface area contributed by atoms with Crippen LogP contribution < -0.4 is 5.73 Å². The molecule has 3 heteroatoms. The second kappa shape index (κ2) is 6.71. The maximum atomic E-state index is 12.3. The van der Waals surface area contributed by atoms with Crippen molar-refractivity contribution >= 4 is 5.91 Å². The largest absolute Gasteiger partial charge is 0.341 e. The highest BCUT2D eigenvalue weighted by Gasteiger charge is 2.28. The van der Waals surface area contributed by atoms with Crippen LogP contribution in [0.2, 0.25) is 0 Å². The minimum atomic E-state index is -0.400. The summed E-state index contributed by atoms with van der Waals surface area (Å²) in [7, 11) is 0. The quantitative estimate of drug-likeness (QED) is 0.882. The third-order valence-electron chi connectivity index (χ3n) is 3.91. The first-order valence-corrected chi connectivity index (χ1v) is 7.29. The molecule has 2 atom stereocenters. The van der Waals surface area contributed by atoms with Crippen molar-refractivity contribution in [2.75, 3.05) is 13.1 Å². The standard InChI is InChI=1S/C16H24N2O/c1-2-6-14-9-10-18(12-14)16(19)15(17)11-13-7-4-3-5-8-13/h3-5,7-8,14-15H,2,6,9-12,17H2,1H3/t14?,15-/m1/s1. The molecule has 1 fully saturated rings. The number of nitrogens with zero attached hydrogens (tertiary/aromatic N) is 1. The number of carbonyl (C=O) groups excluding carboxylic acids is 1. The molecule has 1 amide bonds. The van der Waals surface area contributed by atoms with Crippen LogP contribution in [0.15, 0.2) is 30.3 Å². The first-order chi connectivity index (χ1) is 9.20. The Morgan fingerprint density at radius 1 is 1.42 bits per heavy atom. The fraction of sp³-hybridized carbons (Fsp3) is 0.562. The van der Waals surface area contributed by atoms with Crippen molar-refractivity contribution in [2.45, 2.75) is 38.6 Å². The lowest BCUT2D eigenvalue weighted by molar-refractivity contribution is -0.131. The van der Waals surface area contributed by atoms with E-state index in [1.54, 1.807) is 0 Å². The van der Waals surface area contributed by atoms with Crippen LogP contribution in [0.4, 0.5) is 0 Å². The maximum absolute atomic E-state index is 12.3. The molecule has 2 rings (SSSR count). The van der Waals surface area contributed by atoms with E-state index in [4.69, 9.17) is 5.73 Å². The van der Waals surface area contributed by atoms with Gasteiger partial charge in [0.2, 0.25) is 5.91 Å². The molecule has 1 aromatic rings. The molecule has 0 spiro atoms. The van der Waals surface area contributed by atoms with Crippen LogP contribution in [0.5, 0.6) is 0 Å². The molecule has 0 aliphatic carbocycles. The van der Waals surface area contributed by atoms with E-state index in [1.807, 2.05) is 35.2 Å². The first-order valence-electron chi connectivity index (χ1n) is 7.29. The topological polar surface area (TPSA) is 46.3 Å². The Morgan fingerprint density at radius 2 is 2.16 bits per heavy atom. The highest BCUT2D eigenvalue weighted by Crippen LogP contribution is 2.21. The van der Waals surface area contributed by atoms with Gasteiger partial charge in [-0.15, -0.1) is 0 Å². The number of hydrogen-bond acceptors (Lipinski definition) is 2. The van der Waals surface area contributed by atoms with Crippen molar-refractivity contribution in [3.05, 3.63) is 35.9 Å². The average Bonchev–Trinajstić information content (AvgIpc) is 2.88. The first kappa shape index (κ1) is 14.1. The van der Waals surface area contributed by atoms with Crippen molar-refractivity contribution in [3.63, 3.8) is 0 Å². The number of benzene rings is 1. The number of amides is 1. The SMILES string of the molecule is CCCC1CCN(C(=O)[C@H](N)Cc2ccccc2)C1. The predicted molar refractivity (Wildman–Crippen MR) is 77.7 cm³/mol. The number of carbonyl (C=O) groups is 1. The summed E-state index contributed by atoms with van der Waals surface area (Å²) in [6.45, 7) is 3.98. The summed E-state index contributed by atoms with van der Waals surface area (Å²) in [4.78, 5) is 14.3. The molecule has 1 unspecified atom stereocenters. The monoisotopic (exact) mass is 260 g/mol. The third kappa shape index (κ3) is 3.80. The van der Waals surface area contributed by atoms with E-state index in [1.165, 1.54) is 12.8 Å². The highest BCUT2D eigenvalue weighted by atomic mass is 16.2. The van der Waals surface area contributed by atoms with Gasteiger partial charge in [-0.05, 0) is 30.7 Å². The van der Waals surface area contributed by atoms with E-state index >= 15 is 0 Å². The molecule has 1 aliphatic rings. The fourth-order valence-electron chi connectivity index (χ4n) is 2.87. The lowest BCUT2D eigenvalue weighted by Crippen LogP contribution is -2.43. The van der Waals surface area contributed by atoms with Gasteiger partial charge in [-0.2, -0.15) is 0 Å². The number of nitrogens with two attached hydrogens (primary N) is 1. The van der Waals surface area contributed by atoms with Gasteiger partial charge in [0, 0.05) is 13.1 Å². The van der Waals surface area contributed by atoms with Crippen LogP contribution >= 0.6 is 0 Å². The lowest BCUT2D eigenvalue weighted by atomic mass is 10.0. The van der Waals surface area contributed by atoms with Gasteiger partial charge in [0.1, 0.15) is 0 Å². The summed E-state index contributed by atoms with van der Waals surface area (Å²) in [5.74, 6) is 0.792. The van der Waals surface area contributed by atoms with E-state index in [-0.39, 0.29) is 5.91 Å². The van der Waals surface area contributed by atoms with E-state index in [2.05, 4.69) is 6.92 Å². The molecule has 0 radical (unpaired) electrons. The Kier molecular flexibility index (Phi) is 4.97. The van der Waals surface area contributed by atoms with Crippen molar-refractivity contribution in [3.8, 4) is 0 Å². The minimum absolute atomic E-state index is 0.113. The Labute approximate surface area is 115 Å². The van der Waals surface area contributed by atoms with Crippen molar-refractivity contribution in [1.82, 2.24) is 4.90 Å². The van der Waals surface area contributed by atoms with E-state index in [0.717, 1.165) is 25.1 Å². The normalized spacial score (nSPS) is 20.5. The minimum Gasteiger partial charge on any atom is -0.341 e. The van der Waals surface area contributed by atoms with Crippen molar-refractivity contribution in [1.29, 1.82) is 0 Å². The Bertz CT molecular complexity index is 404. The Hall–Kier alpha value is -1.35.